The molecule has 0 aromatic heterocycles. The predicted octanol–water partition coefficient (Wildman–Crippen LogP) is 4.43. The Labute approximate surface area is 192 Å². The second kappa shape index (κ2) is 9.77. The van der Waals surface area contributed by atoms with Gasteiger partial charge in [0.05, 0.1) is 21.7 Å². The number of nitro benzene ring substituents is 1. The number of amides is 1. The van der Waals surface area contributed by atoms with Crippen molar-refractivity contribution in [3.8, 4) is 5.75 Å². The van der Waals surface area contributed by atoms with Gasteiger partial charge in [-0.15, -0.1) is 0 Å². The molecule has 0 heterocycles. The molecule has 0 spiro atoms. The van der Waals surface area contributed by atoms with Crippen molar-refractivity contribution in [3.63, 3.8) is 0 Å². The van der Waals surface area contributed by atoms with Crippen molar-refractivity contribution in [1.82, 2.24) is 5.43 Å². The molecule has 0 radical (unpaired) electrons. The molecule has 3 rings (SSSR count). The Morgan fingerprint density at radius 3 is 2.53 bits per heavy atom. The second-order valence-corrected chi connectivity index (χ2v) is 8.54. The van der Waals surface area contributed by atoms with Crippen molar-refractivity contribution in [2.75, 3.05) is 0 Å². The molecular weight excluding hydrogens is 481 g/mol. The number of carbonyl (C=O) groups is 1. The van der Waals surface area contributed by atoms with Crippen LogP contribution in [0.4, 0.5) is 5.69 Å². The van der Waals surface area contributed by atoms with Gasteiger partial charge in [0.25, 0.3) is 11.6 Å². The van der Waals surface area contributed by atoms with Gasteiger partial charge in [-0.2, -0.15) is 13.5 Å². The summed E-state index contributed by atoms with van der Waals surface area (Å²) in [4.78, 5) is 22.0. The van der Waals surface area contributed by atoms with E-state index in [1.807, 2.05) is 0 Å². The number of rotatable bonds is 7. The molecule has 1 N–H and O–H groups in total. The topological polar surface area (TPSA) is 128 Å². The molecule has 0 bridgehead atoms. The first kappa shape index (κ1) is 23.2. The highest BCUT2D eigenvalue weighted by molar-refractivity contribution is 7.87. The van der Waals surface area contributed by atoms with Crippen LogP contribution in [0.3, 0.4) is 0 Å². The number of hydrazone groups is 1. The van der Waals surface area contributed by atoms with E-state index in [1.165, 1.54) is 54.7 Å². The molecule has 0 aliphatic rings. The minimum atomic E-state index is -4.37. The lowest BCUT2D eigenvalue weighted by Crippen LogP contribution is -2.18. The molecule has 0 saturated carbocycles. The van der Waals surface area contributed by atoms with E-state index >= 15 is 0 Å². The molecule has 9 nitrogen and oxygen atoms in total. The van der Waals surface area contributed by atoms with Gasteiger partial charge >= 0.3 is 10.1 Å². The van der Waals surface area contributed by atoms with E-state index in [0.29, 0.717) is 5.02 Å². The summed E-state index contributed by atoms with van der Waals surface area (Å²) in [6.07, 6.45) is 1.18. The zero-order valence-corrected chi connectivity index (χ0v) is 18.3. The highest BCUT2D eigenvalue weighted by Gasteiger charge is 2.21. The van der Waals surface area contributed by atoms with Crippen molar-refractivity contribution in [3.05, 3.63) is 98.0 Å². The number of nitro groups is 1. The Morgan fingerprint density at radius 1 is 1.06 bits per heavy atom. The summed E-state index contributed by atoms with van der Waals surface area (Å²) in [5.74, 6) is -0.702. The van der Waals surface area contributed by atoms with E-state index in [0.717, 1.165) is 12.1 Å². The first-order valence-corrected chi connectivity index (χ1v) is 10.9. The van der Waals surface area contributed by atoms with E-state index in [9.17, 15) is 23.3 Å². The maximum Gasteiger partial charge on any atom is 0.339 e. The van der Waals surface area contributed by atoms with E-state index in [4.69, 9.17) is 27.4 Å². The van der Waals surface area contributed by atoms with Gasteiger partial charge in [0.1, 0.15) is 4.90 Å². The van der Waals surface area contributed by atoms with Crippen LogP contribution in [0.1, 0.15) is 15.9 Å². The van der Waals surface area contributed by atoms with Crippen molar-refractivity contribution >= 4 is 51.1 Å². The molecular formula is C20H13Cl2N3O6S. The summed E-state index contributed by atoms with van der Waals surface area (Å²) in [6.45, 7) is 0. The van der Waals surface area contributed by atoms with Crippen LogP contribution in [0.15, 0.2) is 76.7 Å². The number of benzene rings is 3. The quantitative estimate of drug-likeness (QED) is 0.224. The van der Waals surface area contributed by atoms with E-state index in [1.54, 1.807) is 6.07 Å². The number of non-ortho nitro benzene ring substituents is 1. The van der Waals surface area contributed by atoms with Crippen LogP contribution in [0.25, 0.3) is 0 Å². The maximum atomic E-state index is 12.6. The molecule has 32 heavy (non-hydrogen) atoms. The summed E-state index contributed by atoms with van der Waals surface area (Å²) >= 11 is 11.8. The summed E-state index contributed by atoms with van der Waals surface area (Å²) < 4.78 is 30.3. The van der Waals surface area contributed by atoms with Crippen LogP contribution in [0.2, 0.25) is 10.0 Å². The van der Waals surface area contributed by atoms with Gasteiger partial charge in [0.2, 0.25) is 0 Å². The van der Waals surface area contributed by atoms with Crippen LogP contribution in [0, 0.1) is 10.1 Å². The molecule has 0 fully saturated rings. The minimum Gasteiger partial charge on any atom is -0.378 e. The average molecular weight is 494 g/mol. The van der Waals surface area contributed by atoms with Gasteiger partial charge in [-0.05, 0) is 36.4 Å². The Kier molecular flexibility index (Phi) is 7.08. The molecule has 0 atom stereocenters. The Morgan fingerprint density at radius 2 is 1.81 bits per heavy atom. The summed E-state index contributed by atoms with van der Waals surface area (Å²) in [6, 6.07) is 14.8. The maximum absolute atomic E-state index is 12.6. The molecule has 0 aliphatic carbocycles. The molecule has 3 aromatic carbocycles. The predicted molar refractivity (Wildman–Crippen MR) is 119 cm³/mol. The molecule has 0 aliphatic heterocycles. The van der Waals surface area contributed by atoms with Gasteiger partial charge in [-0.25, -0.2) is 5.43 Å². The zero-order valence-electron chi connectivity index (χ0n) is 15.9. The van der Waals surface area contributed by atoms with E-state index < -0.39 is 26.6 Å². The van der Waals surface area contributed by atoms with Crippen molar-refractivity contribution in [2.45, 2.75) is 4.90 Å². The first-order valence-electron chi connectivity index (χ1n) is 8.74. The molecule has 0 saturated heterocycles. The number of nitrogens with one attached hydrogen (secondary N) is 1. The summed E-state index contributed by atoms with van der Waals surface area (Å²) in [5.41, 5.74) is 2.25. The zero-order chi connectivity index (χ0) is 23.3. The van der Waals surface area contributed by atoms with E-state index in [2.05, 4.69) is 10.5 Å². The lowest BCUT2D eigenvalue weighted by atomic mass is 10.2. The Bertz CT molecular complexity index is 1330. The molecule has 164 valence electrons. The third-order valence-electron chi connectivity index (χ3n) is 3.98. The Balaban J connectivity index is 1.79. The highest BCUT2D eigenvalue weighted by Crippen LogP contribution is 2.24. The van der Waals surface area contributed by atoms with Crippen molar-refractivity contribution in [2.24, 2.45) is 5.10 Å². The molecule has 12 heteroatoms. The number of halogens is 2. The third kappa shape index (κ3) is 5.61. The number of nitrogens with zero attached hydrogens (tertiary/aromatic N) is 2. The normalized spacial score (nSPS) is 11.3. The van der Waals surface area contributed by atoms with Crippen molar-refractivity contribution in [1.29, 1.82) is 0 Å². The van der Waals surface area contributed by atoms with Gasteiger partial charge < -0.3 is 4.18 Å². The number of hydrogen-bond donors (Lipinski definition) is 1. The largest absolute Gasteiger partial charge is 0.378 e. The molecule has 1 amide bonds. The lowest BCUT2D eigenvalue weighted by molar-refractivity contribution is -0.385. The van der Waals surface area contributed by atoms with Gasteiger partial charge in [-0.3, -0.25) is 14.9 Å². The lowest BCUT2D eigenvalue weighted by Gasteiger charge is -2.09. The Hall–Kier alpha value is -3.47. The second-order valence-electron chi connectivity index (χ2n) is 6.15. The van der Waals surface area contributed by atoms with Crippen molar-refractivity contribution < 1.29 is 22.3 Å². The molecule has 3 aromatic rings. The number of carbonyl (C=O) groups excluding carboxylic acids is 1. The van der Waals surface area contributed by atoms with Crippen LogP contribution in [-0.2, 0) is 10.1 Å². The van der Waals surface area contributed by atoms with Gasteiger partial charge in [-0.1, -0.05) is 41.4 Å². The fourth-order valence-corrected chi connectivity index (χ4v) is 3.97. The van der Waals surface area contributed by atoms with Gasteiger partial charge in [0, 0.05) is 22.7 Å². The van der Waals surface area contributed by atoms with Crippen LogP contribution in [0.5, 0.6) is 5.75 Å². The van der Waals surface area contributed by atoms with E-state index in [-0.39, 0.29) is 26.8 Å². The standard InChI is InChI=1S/C20H13Cl2N3O6S/c21-14-8-9-17(18(22)10-14)20(26)24-23-12-13-4-1-2-7-19(13)31-32(29,30)16-6-3-5-15(11-16)25(27)28/h1-12H,(H,24,26)/b23-12-. The average Bonchev–Trinajstić information content (AvgIpc) is 2.74. The smallest absolute Gasteiger partial charge is 0.339 e. The third-order valence-corrected chi connectivity index (χ3v) is 5.76. The van der Waals surface area contributed by atoms with Gasteiger partial charge in [0.15, 0.2) is 5.75 Å². The monoisotopic (exact) mass is 493 g/mol. The first-order chi connectivity index (χ1) is 15.2. The molecule has 0 unspecified atom stereocenters. The summed E-state index contributed by atoms with van der Waals surface area (Å²) in [5, 5.41) is 15.2. The SMILES string of the molecule is O=C(N/N=C\c1ccccc1OS(=O)(=O)c1cccc([N+](=O)[O-])c1)c1ccc(Cl)cc1Cl. The highest BCUT2D eigenvalue weighted by atomic mass is 35.5. The summed E-state index contributed by atoms with van der Waals surface area (Å²) in [7, 11) is -4.37. The van der Waals surface area contributed by atoms with Crippen LogP contribution < -0.4 is 9.61 Å². The fourth-order valence-electron chi connectivity index (χ4n) is 2.48. The minimum absolute atomic E-state index is 0.0958. The fraction of sp³-hybridized carbons (Fsp3) is 0. The van der Waals surface area contributed by atoms with Crippen LogP contribution in [-0.4, -0.2) is 25.5 Å². The number of para-hydroxylation sites is 1. The number of hydrogen-bond acceptors (Lipinski definition) is 7. The van der Waals surface area contributed by atoms with Crippen LogP contribution >= 0.6 is 23.2 Å².